The summed E-state index contributed by atoms with van der Waals surface area (Å²) in [5.74, 6) is 1.40. The minimum Gasteiger partial charge on any atom is -0.370 e. The summed E-state index contributed by atoms with van der Waals surface area (Å²) < 4.78 is 6.25. The molecular formula is C15H22O. The lowest BCUT2D eigenvalue weighted by molar-refractivity contribution is -0.0824. The van der Waals surface area contributed by atoms with Crippen molar-refractivity contribution in [2.45, 2.75) is 57.2 Å². The molecule has 1 heterocycles. The van der Waals surface area contributed by atoms with Gasteiger partial charge in [-0.3, -0.25) is 0 Å². The van der Waals surface area contributed by atoms with Gasteiger partial charge in [0.05, 0.1) is 12.2 Å². The smallest absolute Gasteiger partial charge is 0.0822 e. The lowest BCUT2D eigenvalue weighted by Crippen LogP contribution is -2.44. The molecule has 0 aromatic heterocycles. The zero-order valence-electron chi connectivity index (χ0n) is 10.0. The van der Waals surface area contributed by atoms with Crippen molar-refractivity contribution in [1.29, 1.82) is 0 Å². The van der Waals surface area contributed by atoms with E-state index in [9.17, 15) is 0 Å². The molecule has 4 atom stereocenters. The number of allylic oxidation sites excluding steroid dienone is 1. The van der Waals surface area contributed by atoms with Crippen molar-refractivity contribution in [3.05, 3.63) is 24.3 Å². The Balaban J connectivity index is 1.89. The van der Waals surface area contributed by atoms with E-state index in [-0.39, 0.29) is 0 Å². The van der Waals surface area contributed by atoms with E-state index in [1.54, 1.807) is 5.57 Å². The number of hydrogen-bond acceptors (Lipinski definition) is 1. The Labute approximate surface area is 98.6 Å². The van der Waals surface area contributed by atoms with Crippen LogP contribution in [0.2, 0.25) is 0 Å². The zero-order chi connectivity index (χ0) is 11.0. The van der Waals surface area contributed by atoms with Gasteiger partial charge in [-0.15, -0.1) is 6.58 Å². The molecule has 0 spiro atoms. The van der Waals surface area contributed by atoms with Gasteiger partial charge in [0.25, 0.3) is 0 Å². The topological polar surface area (TPSA) is 9.23 Å². The van der Waals surface area contributed by atoms with Crippen LogP contribution >= 0.6 is 0 Å². The van der Waals surface area contributed by atoms with Crippen molar-refractivity contribution < 1.29 is 4.74 Å². The molecule has 16 heavy (non-hydrogen) atoms. The predicted octanol–water partition coefficient (Wildman–Crippen LogP) is 3.86. The molecule has 1 nitrogen and oxygen atoms in total. The van der Waals surface area contributed by atoms with Gasteiger partial charge in [-0.1, -0.05) is 30.6 Å². The molecular weight excluding hydrogens is 196 g/mol. The Morgan fingerprint density at radius 3 is 2.81 bits per heavy atom. The highest BCUT2D eigenvalue weighted by Crippen LogP contribution is 2.46. The van der Waals surface area contributed by atoms with Crippen LogP contribution in [0.1, 0.15) is 44.9 Å². The average molecular weight is 218 g/mol. The van der Waals surface area contributed by atoms with Crippen molar-refractivity contribution >= 4 is 0 Å². The summed E-state index contributed by atoms with van der Waals surface area (Å²) in [6.45, 7) is 3.96. The third-order valence-electron chi connectivity index (χ3n) is 4.62. The molecule has 0 amide bonds. The highest BCUT2D eigenvalue weighted by molar-refractivity contribution is 5.22. The van der Waals surface area contributed by atoms with E-state index >= 15 is 0 Å². The van der Waals surface area contributed by atoms with Gasteiger partial charge in [-0.25, -0.2) is 0 Å². The Kier molecular flexibility index (Phi) is 2.89. The van der Waals surface area contributed by atoms with E-state index in [1.165, 1.54) is 44.9 Å². The summed E-state index contributed by atoms with van der Waals surface area (Å²) >= 11 is 0. The first-order valence-corrected chi connectivity index (χ1v) is 6.88. The van der Waals surface area contributed by atoms with Crippen LogP contribution in [0.15, 0.2) is 24.3 Å². The van der Waals surface area contributed by atoms with E-state index in [1.807, 2.05) is 6.08 Å². The molecule has 1 saturated carbocycles. The Morgan fingerprint density at radius 1 is 1.12 bits per heavy atom. The van der Waals surface area contributed by atoms with Gasteiger partial charge in [0, 0.05) is 11.8 Å². The fraction of sp³-hybridized carbons (Fsp3) is 0.733. The standard InChI is InChI=1S/C15H22O/c1-2-14-12-8-4-3-7-11(12)13-9-5-6-10-15(13)16-14/h2,7,12-15H,1,3-6,8-10H2/t12-,13-,14-,15+/m1/s1. The Bertz CT molecular complexity index is 305. The second-order valence-electron chi connectivity index (χ2n) is 5.51. The van der Waals surface area contributed by atoms with Crippen LogP contribution in [0.3, 0.4) is 0 Å². The average Bonchev–Trinajstić information content (AvgIpc) is 2.38. The number of rotatable bonds is 1. The maximum Gasteiger partial charge on any atom is 0.0822 e. The van der Waals surface area contributed by atoms with Gasteiger partial charge in [0.1, 0.15) is 0 Å². The number of hydrogen-bond donors (Lipinski definition) is 0. The Hall–Kier alpha value is -0.560. The molecule has 3 rings (SSSR count). The highest BCUT2D eigenvalue weighted by atomic mass is 16.5. The SMILES string of the molecule is C=C[C@H]1O[C@H]2CCCC[C@@H]2C2=CCCC[C@H]21. The third-order valence-corrected chi connectivity index (χ3v) is 4.62. The van der Waals surface area contributed by atoms with Crippen LogP contribution < -0.4 is 0 Å². The Morgan fingerprint density at radius 2 is 1.94 bits per heavy atom. The maximum atomic E-state index is 6.25. The fourth-order valence-corrected chi connectivity index (χ4v) is 3.86. The highest BCUT2D eigenvalue weighted by Gasteiger charge is 2.41. The van der Waals surface area contributed by atoms with Crippen LogP contribution in [0.4, 0.5) is 0 Å². The van der Waals surface area contributed by atoms with Crippen LogP contribution in [-0.4, -0.2) is 12.2 Å². The first-order chi connectivity index (χ1) is 7.90. The lowest BCUT2D eigenvalue weighted by atomic mass is 9.69. The monoisotopic (exact) mass is 218 g/mol. The number of fused-ring (bicyclic) bond motifs is 3. The zero-order valence-corrected chi connectivity index (χ0v) is 10.0. The molecule has 0 radical (unpaired) electrons. The molecule has 1 saturated heterocycles. The van der Waals surface area contributed by atoms with Crippen molar-refractivity contribution in [2.75, 3.05) is 0 Å². The van der Waals surface area contributed by atoms with Gasteiger partial charge in [0.15, 0.2) is 0 Å². The second-order valence-corrected chi connectivity index (χ2v) is 5.51. The molecule has 0 bridgehead atoms. The lowest BCUT2D eigenvalue weighted by Gasteiger charge is -2.46. The summed E-state index contributed by atoms with van der Waals surface area (Å²) in [5.41, 5.74) is 1.73. The first kappa shape index (κ1) is 10.6. The molecule has 0 N–H and O–H groups in total. The second kappa shape index (κ2) is 4.37. The molecule has 0 unspecified atom stereocenters. The van der Waals surface area contributed by atoms with Crippen molar-refractivity contribution in [3.63, 3.8) is 0 Å². The first-order valence-electron chi connectivity index (χ1n) is 6.88. The van der Waals surface area contributed by atoms with Crippen molar-refractivity contribution in [3.8, 4) is 0 Å². The third kappa shape index (κ3) is 1.66. The molecule has 1 aliphatic heterocycles. The molecule has 0 aromatic rings. The largest absolute Gasteiger partial charge is 0.370 e. The summed E-state index contributed by atoms with van der Waals surface area (Å²) in [6.07, 6.45) is 14.7. The summed E-state index contributed by atoms with van der Waals surface area (Å²) in [5, 5.41) is 0. The predicted molar refractivity (Wildman–Crippen MR) is 66.2 cm³/mol. The fourth-order valence-electron chi connectivity index (χ4n) is 3.86. The molecule has 3 aliphatic rings. The normalized spacial score (nSPS) is 42.9. The molecule has 0 aromatic carbocycles. The van der Waals surface area contributed by atoms with Gasteiger partial charge in [-0.05, 0) is 32.1 Å². The molecule has 2 fully saturated rings. The van der Waals surface area contributed by atoms with Gasteiger partial charge >= 0.3 is 0 Å². The summed E-state index contributed by atoms with van der Waals surface area (Å²) in [6, 6.07) is 0. The van der Waals surface area contributed by atoms with Crippen molar-refractivity contribution in [1.82, 2.24) is 0 Å². The van der Waals surface area contributed by atoms with E-state index in [2.05, 4.69) is 12.7 Å². The number of ether oxygens (including phenoxy) is 1. The molecule has 1 heteroatoms. The minimum atomic E-state index is 0.297. The quantitative estimate of drug-likeness (QED) is 0.607. The van der Waals surface area contributed by atoms with E-state index in [0.717, 1.165) is 5.92 Å². The van der Waals surface area contributed by atoms with Gasteiger partial charge in [0.2, 0.25) is 0 Å². The van der Waals surface area contributed by atoms with E-state index in [0.29, 0.717) is 18.1 Å². The summed E-state index contributed by atoms with van der Waals surface area (Å²) in [4.78, 5) is 0. The van der Waals surface area contributed by atoms with Crippen LogP contribution in [-0.2, 0) is 4.74 Å². The van der Waals surface area contributed by atoms with Crippen molar-refractivity contribution in [2.24, 2.45) is 11.8 Å². The van der Waals surface area contributed by atoms with Crippen LogP contribution in [0.5, 0.6) is 0 Å². The van der Waals surface area contributed by atoms with E-state index in [4.69, 9.17) is 4.74 Å². The maximum absolute atomic E-state index is 6.25. The van der Waals surface area contributed by atoms with Gasteiger partial charge < -0.3 is 4.74 Å². The molecule has 2 aliphatic carbocycles. The van der Waals surface area contributed by atoms with Crippen LogP contribution in [0.25, 0.3) is 0 Å². The van der Waals surface area contributed by atoms with E-state index < -0.39 is 0 Å². The summed E-state index contributed by atoms with van der Waals surface area (Å²) in [7, 11) is 0. The van der Waals surface area contributed by atoms with Crippen LogP contribution in [0, 0.1) is 11.8 Å². The van der Waals surface area contributed by atoms with Gasteiger partial charge in [-0.2, -0.15) is 0 Å². The molecule has 88 valence electrons. The minimum absolute atomic E-state index is 0.297.